The van der Waals surface area contributed by atoms with Crippen molar-refractivity contribution in [2.24, 2.45) is 0 Å². The molecule has 0 radical (unpaired) electrons. The van der Waals surface area contributed by atoms with Crippen molar-refractivity contribution in [3.8, 4) is 11.5 Å². The van der Waals surface area contributed by atoms with Crippen molar-refractivity contribution < 1.29 is 14.3 Å². The van der Waals surface area contributed by atoms with Gasteiger partial charge in [-0.15, -0.1) is 0 Å². The molecule has 1 heterocycles. The summed E-state index contributed by atoms with van der Waals surface area (Å²) >= 11 is 3.45. The largest absolute Gasteiger partial charge is 0.486 e. The molecule has 1 aromatic carbocycles. The highest BCUT2D eigenvalue weighted by molar-refractivity contribution is 9.10. The highest BCUT2D eigenvalue weighted by Gasteiger charge is 2.18. The summed E-state index contributed by atoms with van der Waals surface area (Å²) in [7, 11) is 0. The summed E-state index contributed by atoms with van der Waals surface area (Å²) in [4.78, 5) is 12.0. The van der Waals surface area contributed by atoms with Gasteiger partial charge in [0.2, 0.25) is 5.91 Å². The maximum atomic E-state index is 12.0. The quantitative estimate of drug-likeness (QED) is 0.872. The third kappa shape index (κ3) is 3.68. The standard InChI is InChI=1S/C15H19BrN2O3/c16-11-7-13-14(21-6-5-20-13)8-12(11)18-15(19)9-17-10-3-1-2-4-10/h7-8,10,17H,1-6,9H2,(H,18,19). The molecule has 1 saturated carbocycles. The van der Waals surface area contributed by atoms with Gasteiger partial charge in [0, 0.05) is 22.6 Å². The zero-order chi connectivity index (χ0) is 14.7. The molecule has 1 aliphatic heterocycles. The number of rotatable bonds is 4. The summed E-state index contributed by atoms with van der Waals surface area (Å²) in [6.45, 7) is 1.42. The first kappa shape index (κ1) is 14.7. The zero-order valence-corrected chi connectivity index (χ0v) is 13.4. The zero-order valence-electron chi connectivity index (χ0n) is 11.8. The van der Waals surface area contributed by atoms with Crippen molar-refractivity contribution in [3.63, 3.8) is 0 Å². The Kier molecular flexibility index (Phi) is 4.65. The lowest BCUT2D eigenvalue weighted by molar-refractivity contribution is -0.115. The number of benzene rings is 1. The van der Waals surface area contributed by atoms with E-state index in [1.165, 1.54) is 25.7 Å². The van der Waals surface area contributed by atoms with Gasteiger partial charge in [-0.25, -0.2) is 0 Å². The Morgan fingerprint density at radius 3 is 2.57 bits per heavy atom. The van der Waals surface area contributed by atoms with E-state index >= 15 is 0 Å². The molecule has 6 heteroatoms. The molecule has 0 atom stereocenters. The Hall–Kier alpha value is -1.27. The fourth-order valence-corrected chi connectivity index (χ4v) is 3.14. The number of amides is 1. The smallest absolute Gasteiger partial charge is 0.238 e. The predicted octanol–water partition coefficient (Wildman–Crippen LogP) is 2.69. The number of hydrogen-bond acceptors (Lipinski definition) is 4. The van der Waals surface area contributed by atoms with E-state index in [2.05, 4.69) is 26.6 Å². The van der Waals surface area contributed by atoms with Gasteiger partial charge in [0.1, 0.15) is 13.2 Å². The second-order valence-electron chi connectivity index (χ2n) is 5.39. The number of carbonyl (C=O) groups is 1. The lowest BCUT2D eigenvalue weighted by Crippen LogP contribution is -2.34. The van der Waals surface area contributed by atoms with Crippen molar-refractivity contribution in [2.75, 3.05) is 25.1 Å². The molecule has 1 fully saturated rings. The summed E-state index contributed by atoms with van der Waals surface area (Å²) in [6, 6.07) is 4.11. The van der Waals surface area contributed by atoms with Gasteiger partial charge in [-0.2, -0.15) is 0 Å². The van der Waals surface area contributed by atoms with Crippen molar-refractivity contribution in [2.45, 2.75) is 31.7 Å². The fraction of sp³-hybridized carbons (Fsp3) is 0.533. The molecule has 0 unspecified atom stereocenters. The van der Waals surface area contributed by atoms with Crippen LogP contribution in [0.5, 0.6) is 11.5 Å². The first-order chi connectivity index (χ1) is 10.2. The van der Waals surface area contributed by atoms with Gasteiger partial charge in [-0.1, -0.05) is 12.8 Å². The summed E-state index contributed by atoms with van der Waals surface area (Å²) < 4.78 is 11.8. The number of halogens is 1. The number of fused-ring (bicyclic) bond motifs is 1. The van der Waals surface area contributed by atoms with E-state index in [4.69, 9.17) is 9.47 Å². The summed E-state index contributed by atoms with van der Waals surface area (Å²) in [6.07, 6.45) is 4.85. The summed E-state index contributed by atoms with van der Waals surface area (Å²) in [5.74, 6) is 1.33. The molecule has 1 amide bonds. The van der Waals surface area contributed by atoms with Crippen LogP contribution in [0, 0.1) is 0 Å². The van der Waals surface area contributed by atoms with Crippen molar-refractivity contribution >= 4 is 27.5 Å². The normalized spacial score (nSPS) is 17.8. The molecule has 0 saturated heterocycles. The molecule has 114 valence electrons. The van der Waals surface area contributed by atoms with Crippen LogP contribution in [0.15, 0.2) is 16.6 Å². The minimum absolute atomic E-state index is 0.0423. The number of anilines is 1. The van der Waals surface area contributed by atoms with Gasteiger partial charge < -0.3 is 20.1 Å². The summed E-state index contributed by atoms with van der Waals surface area (Å²) in [5, 5.41) is 6.20. The molecule has 0 bridgehead atoms. The minimum atomic E-state index is -0.0423. The molecule has 3 rings (SSSR count). The van der Waals surface area contributed by atoms with E-state index < -0.39 is 0 Å². The molecule has 1 aliphatic carbocycles. The Bertz CT molecular complexity index is 530. The van der Waals surface area contributed by atoms with Crippen LogP contribution in [-0.2, 0) is 4.79 Å². The van der Waals surface area contributed by atoms with Crippen LogP contribution in [0.3, 0.4) is 0 Å². The van der Waals surface area contributed by atoms with Crippen LogP contribution in [-0.4, -0.2) is 31.7 Å². The van der Waals surface area contributed by atoms with Crippen LogP contribution in [0.25, 0.3) is 0 Å². The van der Waals surface area contributed by atoms with Crippen molar-refractivity contribution in [3.05, 3.63) is 16.6 Å². The molecular formula is C15H19BrN2O3. The minimum Gasteiger partial charge on any atom is -0.486 e. The van der Waals surface area contributed by atoms with Crippen LogP contribution in [0.1, 0.15) is 25.7 Å². The van der Waals surface area contributed by atoms with Gasteiger partial charge >= 0.3 is 0 Å². The molecule has 0 aromatic heterocycles. The molecule has 21 heavy (non-hydrogen) atoms. The number of nitrogens with one attached hydrogen (secondary N) is 2. The first-order valence-electron chi connectivity index (χ1n) is 7.35. The van der Waals surface area contributed by atoms with E-state index in [-0.39, 0.29) is 5.91 Å². The van der Waals surface area contributed by atoms with Gasteiger partial charge in [-0.05, 0) is 28.8 Å². The van der Waals surface area contributed by atoms with Gasteiger partial charge in [0.25, 0.3) is 0 Å². The highest BCUT2D eigenvalue weighted by Crippen LogP contribution is 2.38. The van der Waals surface area contributed by atoms with E-state index in [0.29, 0.717) is 43.0 Å². The molecule has 2 N–H and O–H groups in total. The summed E-state index contributed by atoms with van der Waals surface area (Å²) in [5.41, 5.74) is 0.706. The van der Waals surface area contributed by atoms with Crippen LogP contribution in [0.4, 0.5) is 5.69 Å². The average Bonchev–Trinajstić information content (AvgIpc) is 2.99. The second-order valence-corrected chi connectivity index (χ2v) is 6.24. The highest BCUT2D eigenvalue weighted by atomic mass is 79.9. The Morgan fingerprint density at radius 1 is 1.19 bits per heavy atom. The molecule has 5 nitrogen and oxygen atoms in total. The Labute approximate surface area is 132 Å². The molecular weight excluding hydrogens is 336 g/mol. The molecule has 2 aliphatic rings. The second kappa shape index (κ2) is 6.66. The molecule has 0 spiro atoms. The van der Waals surface area contributed by atoms with Gasteiger partial charge in [0.15, 0.2) is 11.5 Å². The monoisotopic (exact) mass is 354 g/mol. The van der Waals surface area contributed by atoms with Crippen LogP contribution < -0.4 is 20.1 Å². The Morgan fingerprint density at radius 2 is 1.86 bits per heavy atom. The topological polar surface area (TPSA) is 59.6 Å². The third-order valence-electron chi connectivity index (χ3n) is 3.81. The van der Waals surface area contributed by atoms with Crippen molar-refractivity contribution in [1.82, 2.24) is 5.32 Å². The van der Waals surface area contributed by atoms with Gasteiger partial charge in [0.05, 0.1) is 12.2 Å². The lowest BCUT2D eigenvalue weighted by Gasteiger charge is -2.20. The number of carbonyl (C=O) groups excluding carboxylic acids is 1. The van der Waals surface area contributed by atoms with E-state index in [0.717, 1.165) is 4.47 Å². The molecule has 1 aromatic rings. The third-order valence-corrected chi connectivity index (χ3v) is 4.47. The van der Waals surface area contributed by atoms with Crippen LogP contribution >= 0.6 is 15.9 Å². The SMILES string of the molecule is O=C(CNC1CCCC1)Nc1cc2c(cc1Br)OCCO2. The number of ether oxygens (including phenoxy) is 2. The van der Waals surface area contributed by atoms with Crippen molar-refractivity contribution in [1.29, 1.82) is 0 Å². The maximum absolute atomic E-state index is 12.0. The Balaban J connectivity index is 1.59. The first-order valence-corrected chi connectivity index (χ1v) is 8.14. The van der Waals surface area contributed by atoms with E-state index in [1.54, 1.807) is 6.07 Å². The van der Waals surface area contributed by atoms with Crippen LogP contribution in [0.2, 0.25) is 0 Å². The van der Waals surface area contributed by atoms with E-state index in [9.17, 15) is 4.79 Å². The lowest BCUT2D eigenvalue weighted by atomic mass is 10.2. The number of hydrogen-bond donors (Lipinski definition) is 2. The van der Waals surface area contributed by atoms with E-state index in [1.807, 2.05) is 6.07 Å². The average molecular weight is 355 g/mol. The predicted molar refractivity (Wildman–Crippen MR) is 84.0 cm³/mol. The fourth-order valence-electron chi connectivity index (χ4n) is 2.72. The maximum Gasteiger partial charge on any atom is 0.238 e. The van der Waals surface area contributed by atoms with Gasteiger partial charge in [-0.3, -0.25) is 4.79 Å².